The summed E-state index contributed by atoms with van der Waals surface area (Å²) in [6.07, 6.45) is 1.69. The zero-order chi connectivity index (χ0) is 17.6. The van der Waals surface area contributed by atoms with Gasteiger partial charge in [0.1, 0.15) is 5.75 Å². The predicted molar refractivity (Wildman–Crippen MR) is 103 cm³/mol. The molecule has 0 aliphatic heterocycles. The zero-order valence-electron chi connectivity index (χ0n) is 14.1. The van der Waals surface area contributed by atoms with Crippen molar-refractivity contribution in [2.75, 3.05) is 7.11 Å². The first kappa shape index (κ1) is 17.0. The number of urea groups is 1. The number of carbonyl (C=O) groups is 1. The minimum atomic E-state index is -0.349. The van der Waals surface area contributed by atoms with Crippen LogP contribution < -0.4 is 15.5 Å². The third kappa shape index (κ3) is 4.16. The Labute approximate surface area is 150 Å². The molecule has 2 amide bonds. The number of carbonyl (C=O) groups excluding carboxylic acids is 1. The first-order chi connectivity index (χ1) is 12.2. The molecule has 0 aliphatic rings. The van der Waals surface area contributed by atoms with E-state index in [2.05, 4.69) is 34.9 Å². The van der Waals surface area contributed by atoms with E-state index in [1.165, 1.54) is 15.6 Å². The number of ether oxygens (including phenoxy) is 1. The van der Waals surface area contributed by atoms with E-state index in [0.717, 1.165) is 16.2 Å². The van der Waals surface area contributed by atoms with Gasteiger partial charge in [-0.15, -0.1) is 11.3 Å². The number of fused-ring (bicyclic) bond motifs is 1. The third-order valence-corrected chi connectivity index (χ3v) is 5.02. The molecule has 128 valence electrons. The Morgan fingerprint density at radius 3 is 2.88 bits per heavy atom. The molecule has 3 aromatic rings. The smallest absolute Gasteiger partial charge is 0.335 e. The zero-order valence-corrected chi connectivity index (χ0v) is 14.9. The second-order valence-electron chi connectivity index (χ2n) is 5.49. The molecule has 6 heteroatoms. The van der Waals surface area contributed by atoms with Crippen molar-refractivity contribution in [1.82, 2.24) is 10.7 Å². The van der Waals surface area contributed by atoms with Crippen LogP contribution in [0.3, 0.4) is 0 Å². The van der Waals surface area contributed by atoms with Crippen molar-refractivity contribution >= 4 is 33.7 Å². The predicted octanol–water partition coefficient (Wildman–Crippen LogP) is 4.05. The lowest BCUT2D eigenvalue weighted by Gasteiger charge is -2.06. The highest BCUT2D eigenvalue weighted by molar-refractivity contribution is 7.20. The lowest BCUT2D eigenvalue weighted by Crippen LogP contribution is -2.31. The van der Waals surface area contributed by atoms with Gasteiger partial charge in [0.15, 0.2) is 0 Å². The summed E-state index contributed by atoms with van der Waals surface area (Å²) in [7, 11) is 1.62. The topological polar surface area (TPSA) is 62.7 Å². The normalized spacial score (nSPS) is 11.0. The number of nitrogens with one attached hydrogen (secondary N) is 2. The molecule has 2 aromatic carbocycles. The molecule has 1 aromatic heterocycles. The van der Waals surface area contributed by atoms with Gasteiger partial charge in [-0.3, -0.25) is 0 Å². The van der Waals surface area contributed by atoms with E-state index in [4.69, 9.17) is 4.74 Å². The summed E-state index contributed by atoms with van der Waals surface area (Å²) in [5.41, 5.74) is 4.62. The van der Waals surface area contributed by atoms with Crippen molar-refractivity contribution in [3.63, 3.8) is 0 Å². The first-order valence-corrected chi connectivity index (χ1v) is 8.67. The molecule has 1 heterocycles. The van der Waals surface area contributed by atoms with Gasteiger partial charge < -0.3 is 10.1 Å². The van der Waals surface area contributed by atoms with Crippen molar-refractivity contribution in [1.29, 1.82) is 0 Å². The number of amides is 2. The van der Waals surface area contributed by atoms with Gasteiger partial charge >= 0.3 is 6.03 Å². The second kappa shape index (κ2) is 7.81. The average Bonchev–Trinajstić information content (AvgIpc) is 2.96. The molecule has 0 fully saturated rings. The van der Waals surface area contributed by atoms with E-state index in [0.29, 0.717) is 6.54 Å². The molecule has 25 heavy (non-hydrogen) atoms. The van der Waals surface area contributed by atoms with E-state index in [9.17, 15) is 4.79 Å². The van der Waals surface area contributed by atoms with Gasteiger partial charge in [0.05, 0.1) is 18.2 Å². The van der Waals surface area contributed by atoms with Crippen LogP contribution >= 0.6 is 11.3 Å². The summed E-state index contributed by atoms with van der Waals surface area (Å²) >= 11 is 1.65. The number of hydrogen-bond acceptors (Lipinski definition) is 4. The number of benzene rings is 2. The van der Waals surface area contributed by atoms with E-state index in [-0.39, 0.29) is 6.03 Å². The molecule has 0 aliphatic carbocycles. The highest BCUT2D eigenvalue weighted by atomic mass is 32.1. The average molecular weight is 353 g/mol. The molecular formula is C19H19N3O2S. The van der Waals surface area contributed by atoms with E-state index < -0.39 is 0 Å². The number of methoxy groups -OCH3 is 1. The molecule has 0 bridgehead atoms. The Balaban J connectivity index is 1.56. The standard InChI is InChI=1S/C19H19N3O2S/c1-13-16-8-3-4-9-17(16)25-18(13)12-21-22-19(23)20-11-14-6-5-7-15(10-14)24-2/h3-10,12H,11H2,1-2H3,(H2,20,22,23). The maximum Gasteiger partial charge on any atom is 0.335 e. The molecular weight excluding hydrogens is 334 g/mol. The number of rotatable bonds is 5. The summed E-state index contributed by atoms with van der Waals surface area (Å²) in [6, 6.07) is 15.4. The molecule has 0 saturated heterocycles. The molecule has 0 unspecified atom stereocenters. The molecule has 3 rings (SSSR count). The maximum atomic E-state index is 11.9. The fourth-order valence-electron chi connectivity index (χ4n) is 2.47. The largest absolute Gasteiger partial charge is 0.497 e. The highest BCUT2D eigenvalue weighted by Crippen LogP contribution is 2.29. The Hall–Kier alpha value is -2.86. The Morgan fingerprint density at radius 1 is 1.24 bits per heavy atom. The van der Waals surface area contributed by atoms with Crippen LogP contribution in [-0.4, -0.2) is 19.4 Å². The van der Waals surface area contributed by atoms with Crippen LogP contribution in [0.15, 0.2) is 53.6 Å². The van der Waals surface area contributed by atoms with Crippen LogP contribution in [-0.2, 0) is 6.54 Å². The lowest BCUT2D eigenvalue weighted by atomic mass is 10.1. The number of hydrogen-bond donors (Lipinski definition) is 2. The SMILES string of the molecule is COc1cccc(CNC(=O)NN=Cc2sc3ccccc3c2C)c1. The van der Waals surface area contributed by atoms with Crippen molar-refractivity contribution in [2.24, 2.45) is 5.10 Å². The molecule has 0 spiro atoms. The van der Waals surface area contributed by atoms with Crippen LogP contribution in [0, 0.1) is 6.92 Å². The van der Waals surface area contributed by atoms with Gasteiger partial charge in [-0.05, 0) is 41.6 Å². The van der Waals surface area contributed by atoms with Gasteiger partial charge in [0, 0.05) is 11.2 Å². The third-order valence-electron chi connectivity index (χ3n) is 3.82. The second-order valence-corrected chi connectivity index (χ2v) is 6.58. The van der Waals surface area contributed by atoms with Crippen LogP contribution in [0.1, 0.15) is 16.0 Å². The first-order valence-electron chi connectivity index (χ1n) is 7.85. The van der Waals surface area contributed by atoms with Crippen molar-refractivity contribution in [2.45, 2.75) is 13.5 Å². The molecule has 0 saturated carbocycles. The Kier molecular flexibility index (Phi) is 5.30. The molecule has 0 radical (unpaired) electrons. The van der Waals surface area contributed by atoms with Crippen molar-refractivity contribution in [3.05, 3.63) is 64.5 Å². The highest BCUT2D eigenvalue weighted by Gasteiger charge is 2.06. The minimum Gasteiger partial charge on any atom is -0.497 e. The van der Waals surface area contributed by atoms with Crippen LogP contribution in [0.2, 0.25) is 0 Å². The fraction of sp³-hybridized carbons (Fsp3) is 0.158. The number of hydrazone groups is 1. The van der Waals surface area contributed by atoms with Crippen LogP contribution in [0.25, 0.3) is 10.1 Å². The summed E-state index contributed by atoms with van der Waals surface area (Å²) < 4.78 is 6.37. The van der Waals surface area contributed by atoms with Crippen LogP contribution in [0.4, 0.5) is 4.79 Å². The van der Waals surface area contributed by atoms with E-state index in [1.54, 1.807) is 24.7 Å². The fourth-order valence-corrected chi connectivity index (χ4v) is 3.55. The van der Waals surface area contributed by atoms with Gasteiger partial charge in [0.25, 0.3) is 0 Å². The number of nitrogens with zero attached hydrogens (tertiary/aromatic N) is 1. The summed E-state index contributed by atoms with van der Waals surface area (Å²) in [5.74, 6) is 0.762. The monoisotopic (exact) mass is 353 g/mol. The van der Waals surface area contributed by atoms with Gasteiger partial charge in [0.2, 0.25) is 0 Å². The molecule has 0 atom stereocenters. The van der Waals surface area contributed by atoms with Crippen molar-refractivity contribution in [3.8, 4) is 5.75 Å². The minimum absolute atomic E-state index is 0.349. The number of aryl methyl sites for hydroxylation is 1. The van der Waals surface area contributed by atoms with Gasteiger partial charge in [-0.1, -0.05) is 30.3 Å². The Morgan fingerprint density at radius 2 is 2.08 bits per heavy atom. The van der Waals surface area contributed by atoms with Crippen molar-refractivity contribution < 1.29 is 9.53 Å². The van der Waals surface area contributed by atoms with E-state index in [1.807, 2.05) is 36.4 Å². The van der Waals surface area contributed by atoms with Gasteiger partial charge in [-0.25, -0.2) is 10.2 Å². The number of thiophene rings is 1. The van der Waals surface area contributed by atoms with Crippen LogP contribution in [0.5, 0.6) is 5.75 Å². The lowest BCUT2D eigenvalue weighted by molar-refractivity contribution is 0.241. The quantitative estimate of drug-likeness (QED) is 0.537. The molecule has 5 nitrogen and oxygen atoms in total. The van der Waals surface area contributed by atoms with Gasteiger partial charge in [-0.2, -0.15) is 5.10 Å². The Bertz CT molecular complexity index is 918. The summed E-state index contributed by atoms with van der Waals surface area (Å²) in [4.78, 5) is 12.9. The molecule has 2 N–H and O–H groups in total. The maximum absolute atomic E-state index is 11.9. The summed E-state index contributed by atoms with van der Waals surface area (Å²) in [5, 5.41) is 8.02. The van der Waals surface area contributed by atoms with E-state index >= 15 is 0 Å². The summed E-state index contributed by atoms with van der Waals surface area (Å²) in [6.45, 7) is 2.46.